The van der Waals surface area contributed by atoms with Crippen LogP contribution in [-0.4, -0.2) is 12.5 Å². The van der Waals surface area contributed by atoms with Gasteiger partial charge in [-0.05, 0) is 29.8 Å². The van der Waals surface area contributed by atoms with Crippen molar-refractivity contribution in [3.8, 4) is 11.5 Å². The van der Waals surface area contributed by atoms with Gasteiger partial charge in [0, 0.05) is 15.8 Å². The van der Waals surface area contributed by atoms with Crippen molar-refractivity contribution < 1.29 is 9.47 Å². The molecule has 4 heteroatoms. The summed E-state index contributed by atoms with van der Waals surface area (Å²) in [6, 6.07) is 19.5. The lowest BCUT2D eigenvalue weighted by molar-refractivity contribution is 0.309. The van der Waals surface area contributed by atoms with E-state index in [1.165, 1.54) is 0 Å². The summed E-state index contributed by atoms with van der Waals surface area (Å²) in [5.41, 5.74) is 1.07. The van der Waals surface area contributed by atoms with Crippen molar-refractivity contribution in [1.82, 2.24) is 0 Å². The van der Waals surface area contributed by atoms with Crippen LogP contribution in [0.1, 0.15) is 5.56 Å². The van der Waals surface area contributed by atoms with Gasteiger partial charge >= 0.3 is 0 Å². The lowest BCUT2D eigenvalue weighted by atomic mass is 10.1. The van der Waals surface area contributed by atoms with E-state index in [4.69, 9.17) is 32.7 Å². The summed E-state index contributed by atoms with van der Waals surface area (Å²) in [4.78, 5) is 0. The average molecular weight is 347 g/mol. The lowest BCUT2D eigenvalue weighted by Gasteiger charge is -2.11. The van der Waals surface area contributed by atoms with Crippen LogP contribution in [-0.2, 0) is 6.61 Å². The molecule has 118 valence electrons. The van der Waals surface area contributed by atoms with E-state index in [1.54, 1.807) is 0 Å². The quantitative estimate of drug-likeness (QED) is 0.533. The molecule has 0 N–H and O–H groups in total. The highest BCUT2D eigenvalue weighted by atomic mass is 35.5. The lowest BCUT2D eigenvalue weighted by Crippen LogP contribution is -1.99. The predicted molar refractivity (Wildman–Crippen MR) is 95.9 cm³/mol. The topological polar surface area (TPSA) is 18.5 Å². The summed E-state index contributed by atoms with van der Waals surface area (Å²) >= 11 is 11.8. The van der Waals surface area contributed by atoms with Gasteiger partial charge in [-0.25, -0.2) is 0 Å². The maximum Gasteiger partial charge on any atom is 0.127 e. The molecule has 0 unspecified atom stereocenters. The van der Waals surface area contributed by atoms with Crippen molar-refractivity contribution in [3.05, 3.63) is 71.2 Å². The number of rotatable bonds is 6. The summed E-state index contributed by atoms with van der Waals surface area (Å²) in [6.45, 7) is 0.996. The minimum Gasteiger partial charge on any atom is -0.492 e. The van der Waals surface area contributed by atoms with Crippen molar-refractivity contribution >= 4 is 34.0 Å². The molecule has 0 radical (unpaired) electrons. The van der Waals surface area contributed by atoms with Crippen molar-refractivity contribution in [2.24, 2.45) is 0 Å². The summed E-state index contributed by atoms with van der Waals surface area (Å²) in [5.74, 6) is 2.12. The number of hydrogen-bond donors (Lipinski definition) is 0. The van der Waals surface area contributed by atoms with E-state index < -0.39 is 0 Å². The van der Waals surface area contributed by atoms with Crippen LogP contribution in [0.4, 0.5) is 0 Å². The number of benzene rings is 3. The van der Waals surface area contributed by atoms with Crippen LogP contribution in [0.25, 0.3) is 10.8 Å². The largest absolute Gasteiger partial charge is 0.492 e. The van der Waals surface area contributed by atoms with Crippen LogP contribution in [0.3, 0.4) is 0 Å². The molecular formula is C19H16Cl2O2. The molecule has 0 amide bonds. The zero-order valence-corrected chi connectivity index (χ0v) is 14.0. The third kappa shape index (κ3) is 3.90. The predicted octanol–water partition coefficient (Wildman–Crippen LogP) is 5.69. The SMILES string of the molecule is ClCCOc1ccc(COc2ccc(Cl)c3ccccc23)cc1. The molecule has 0 saturated heterocycles. The van der Waals surface area contributed by atoms with Crippen LogP contribution in [0.2, 0.25) is 5.02 Å². The summed E-state index contributed by atoms with van der Waals surface area (Å²) < 4.78 is 11.4. The van der Waals surface area contributed by atoms with Crippen molar-refractivity contribution in [1.29, 1.82) is 0 Å². The molecule has 2 nitrogen and oxygen atoms in total. The molecule has 3 rings (SSSR count). The monoisotopic (exact) mass is 346 g/mol. The van der Waals surface area contributed by atoms with Gasteiger partial charge in [0.1, 0.15) is 24.7 Å². The minimum absolute atomic E-state index is 0.481. The Morgan fingerprint density at radius 3 is 2.26 bits per heavy atom. The van der Waals surface area contributed by atoms with Gasteiger partial charge in [-0.3, -0.25) is 0 Å². The van der Waals surface area contributed by atoms with Gasteiger partial charge < -0.3 is 9.47 Å². The molecule has 0 aliphatic heterocycles. The fraction of sp³-hybridized carbons (Fsp3) is 0.158. The number of halogens is 2. The minimum atomic E-state index is 0.481. The first-order chi connectivity index (χ1) is 11.3. The first-order valence-electron chi connectivity index (χ1n) is 7.35. The Hall–Kier alpha value is -1.90. The fourth-order valence-corrected chi connectivity index (χ4v) is 2.66. The molecule has 0 aliphatic rings. The zero-order valence-electron chi connectivity index (χ0n) is 12.5. The van der Waals surface area contributed by atoms with E-state index in [-0.39, 0.29) is 0 Å². The van der Waals surface area contributed by atoms with Gasteiger partial charge in [-0.2, -0.15) is 0 Å². The first kappa shape index (κ1) is 16.0. The second kappa shape index (κ2) is 7.58. The van der Waals surface area contributed by atoms with E-state index in [0.29, 0.717) is 19.1 Å². The Labute approximate surface area is 145 Å². The maximum absolute atomic E-state index is 6.23. The third-order valence-corrected chi connectivity index (χ3v) is 3.98. The van der Waals surface area contributed by atoms with Crippen molar-refractivity contribution in [2.45, 2.75) is 6.61 Å². The van der Waals surface area contributed by atoms with E-state index in [0.717, 1.165) is 32.9 Å². The molecule has 0 bridgehead atoms. The van der Waals surface area contributed by atoms with Crippen LogP contribution in [0.15, 0.2) is 60.7 Å². The third-order valence-electron chi connectivity index (χ3n) is 3.49. The first-order valence-corrected chi connectivity index (χ1v) is 8.27. The molecule has 0 aromatic heterocycles. The molecule has 0 atom stereocenters. The second-order valence-electron chi connectivity index (χ2n) is 5.06. The molecule has 3 aromatic carbocycles. The van der Waals surface area contributed by atoms with Gasteiger partial charge in [-0.15, -0.1) is 11.6 Å². The highest BCUT2D eigenvalue weighted by Gasteiger charge is 2.05. The van der Waals surface area contributed by atoms with Crippen molar-refractivity contribution in [2.75, 3.05) is 12.5 Å². The number of fused-ring (bicyclic) bond motifs is 1. The second-order valence-corrected chi connectivity index (χ2v) is 5.85. The molecule has 0 fully saturated rings. The highest BCUT2D eigenvalue weighted by Crippen LogP contribution is 2.31. The summed E-state index contributed by atoms with van der Waals surface area (Å²) in [6.07, 6.45) is 0. The number of hydrogen-bond acceptors (Lipinski definition) is 2. The Kier molecular flexibility index (Phi) is 5.27. The molecular weight excluding hydrogens is 331 g/mol. The number of ether oxygens (including phenoxy) is 2. The Bertz CT molecular complexity index is 785. The van der Waals surface area contributed by atoms with E-state index in [1.807, 2.05) is 60.7 Å². The normalized spacial score (nSPS) is 10.7. The Morgan fingerprint density at radius 1 is 0.783 bits per heavy atom. The Morgan fingerprint density at radius 2 is 1.52 bits per heavy atom. The smallest absolute Gasteiger partial charge is 0.127 e. The van der Waals surface area contributed by atoms with Crippen LogP contribution >= 0.6 is 23.2 Å². The standard InChI is InChI=1S/C19H16Cl2O2/c20-11-12-22-15-7-5-14(6-8-15)13-23-19-10-9-18(21)16-3-1-2-4-17(16)19/h1-10H,11-13H2. The van der Waals surface area contributed by atoms with Crippen molar-refractivity contribution in [3.63, 3.8) is 0 Å². The van der Waals surface area contributed by atoms with Gasteiger partial charge in [0.2, 0.25) is 0 Å². The molecule has 0 saturated carbocycles. The van der Waals surface area contributed by atoms with Gasteiger partial charge in [0.15, 0.2) is 0 Å². The highest BCUT2D eigenvalue weighted by molar-refractivity contribution is 6.35. The van der Waals surface area contributed by atoms with Gasteiger partial charge in [-0.1, -0.05) is 48.0 Å². The molecule has 0 aliphatic carbocycles. The molecule has 0 heterocycles. The van der Waals surface area contributed by atoms with Crippen LogP contribution < -0.4 is 9.47 Å². The Balaban J connectivity index is 1.72. The molecule has 23 heavy (non-hydrogen) atoms. The van der Waals surface area contributed by atoms with Gasteiger partial charge in [0.05, 0.1) is 5.88 Å². The maximum atomic E-state index is 6.23. The fourth-order valence-electron chi connectivity index (χ4n) is 2.36. The molecule has 3 aromatic rings. The summed E-state index contributed by atoms with van der Waals surface area (Å²) in [5, 5.41) is 2.74. The van der Waals surface area contributed by atoms with E-state index in [2.05, 4.69) is 0 Å². The van der Waals surface area contributed by atoms with Gasteiger partial charge in [0.25, 0.3) is 0 Å². The van der Waals surface area contributed by atoms with Crippen LogP contribution in [0.5, 0.6) is 11.5 Å². The molecule has 0 spiro atoms. The van der Waals surface area contributed by atoms with E-state index in [9.17, 15) is 0 Å². The average Bonchev–Trinajstić information content (AvgIpc) is 2.60. The van der Waals surface area contributed by atoms with Crippen LogP contribution in [0, 0.1) is 0 Å². The summed E-state index contributed by atoms with van der Waals surface area (Å²) in [7, 11) is 0. The number of alkyl halides is 1. The zero-order chi connectivity index (χ0) is 16.1. The van der Waals surface area contributed by atoms with E-state index >= 15 is 0 Å².